The Kier molecular flexibility index (Phi) is 8.45. The molecule has 0 unspecified atom stereocenters. The number of guanidine groups is 1. The molecule has 1 saturated carbocycles. The summed E-state index contributed by atoms with van der Waals surface area (Å²) < 4.78 is 17.3. The van der Waals surface area contributed by atoms with Gasteiger partial charge in [-0.2, -0.15) is 0 Å². The first kappa shape index (κ1) is 23.6. The van der Waals surface area contributed by atoms with Crippen molar-refractivity contribution in [1.82, 2.24) is 5.32 Å². The van der Waals surface area contributed by atoms with Gasteiger partial charge >= 0.3 is 0 Å². The van der Waals surface area contributed by atoms with E-state index in [2.05, 4.69) is 55.8 Å². The van der Waals surface area contributed by atoms with Crippen LogP contribution in [0.1, 0.15) is 18.4 Å². The van der Waals surface area contributed by atoms with Gasteiger partial charge in [0.1, 0.15) is 0 Å². The summed E-state index contributed by atoms with van der Waals surface area (Å²) in [4.78, 5) is 4.35. The first-order valence-corrected chi connectivity index (χ1v) is 9.88. The smallest absolute Gasteiger partial charge is 0.203 e. The van der Waals surface area contributed by atoms with Crippen LogP contribution in [0, 0.1) is 0 Å². The van der Waals surface area contributed by atoms with Crippen LogP contribution in [0.4, 0.5) is 5.69 Å². The Morgan fingerprint density at radius 3 is 2.21 bits per heavy atom. The van der Waals surface area contributed by atoms with E-state index in [9.17, 15) is 0 Å². The van der Waals surface area contributed by atoms with Crippen LogP contribution in [0.15, 0.2) is 45.9 Å². The van der Waals surface area contributed by atoms with E-state index in [4.69, 9.17) is 14.2 Å². The van der Waals surface area contributed by atoms with E-state index in [0.717, 1.165) is 29.5 Å². The molecule has 0 atom stereocenters. The minimum Gasteiger partial charge on any atom is -0.493 e. The Hall–Kier alpha value is -1.68. The van der Waals surface area contributed by atoms with E-state index in [-0.39, 0.29) is 29.4 Å². The van der Waals surface area contributed by atoms with Gasteiger partial charge in [0.25, 0.3) is 0 Å². The van der Waals surface area contributed by atoms with Gasteiger partial charge in [0.05, 0.1) is 21.3 Å². The Labute approximate surface area is 197 Å². The molecule has 0 heterocycles. The first-order chi connectivity index (χ1) is 13.5. The molecule has 3 rings (SSSR count). The van der Waals surface area contributed by atoms with Crippen molar-refractivity contribution in [2.75, 3.05) is 40.2 Å². The molecule has 2 aromatic rings. The van der Waals surface area contributed by atoms with Crippen LogP contribution in [-0.2, 0) is 5.41 Å². The van der Waals surface area contributed by atoms with Crippen LogP contribution >= 0.6 is 39.9 Å². The van der Waals surface area contributed by atoms with Gasteiger partial charge in [0.2, 0.25) is 5.75 Å². The zero-order chi connectivity index (χ0) is 20.1. The molecule has 0 spiro atoms. The number of ether oxygens (including phenoxy) is 3. The lowest BCUT2D eigenvalue weighted by Gasteiger charge is -2.20. The molecule has 0 aliphatic heterocycles. The van der Waals surface area contributed by atoms with Gasteiger partial charge in [-0.05, 0) is 30.5 Å². The summed E-state index contributed by atoms with van der Waals surface area (Å²) in [5.74, 6) is 2.43. The highest BCUT2D eigenvalue weighted by Gasteiger charge is 2.44. The molecule has 0 aromatic heterocycles. The summed E-state index contributed by atoms with van der Waals surface area (Å²) in [5, 5.41) is 6.76. The van der Waals surface area contributed by atoms with Gasteiger partial charge in [-0.15, -0.1) is 24.0 Å². The normalized spacial score (nSPS) is 14.4. The zero-order valence-corrected chi connectivity index (χ0v) is 21.0. The maximum Gasteiger partial charge on any atom is 0.203 e. The monoisotopic (exact) mass is 575 g/mol. The van der Waals surface area contributed by atoms with E-state index in [0.29, 0.717) is 23.2 Å². The van der Waals surface area contributed by atoms with Crippen LogP contribution in [0.3, 0.4) is 0 Å². The van der Waals surface area contributed by atoms with Crippen molar-refractivity contribution in [3.8, 4) is 17.2 Å². The fourth-order valence-corrected chi connectivity index (χ4v) is 3.66. The Balaban J connectivity index is 0.00000300. The number of aliphatic imine (C=N–C) groups is 1. The molecule has 1 aliphatic rings. The SMILES string of the molecule is CN=C(NCC1(c2cccc(Br)c2)CC1)Nc1cc(OC)c(OC)c(OC)c1.I. The molecule has 0 amide bonds. The van der Waals surface area contributed by atoms with E-state index in [1.807, 2.05) is 12.1 Å². The van der Waals surface area contributed by atoms with E-state index < -0.39 is 0 Å². The highest BCUT2D eigenvalue weighted by atomic mass is 127. The molecule has 0 radical (unpaired) electrons. The van der Waals surface area contributed by atoms with Crippen molar-refractivity contribution in [3.63, 3.8) is 0 Å². The number of halogens is 2. The Morgan fingerprint density at radius 1 is 1.07 bits per heavy atom. The average molecular weight is 576 g/mol. The summed E-state index contributed by atoms with van der Waals surface area (Å²) in [5.41, 5.74) is 2.31. The van der Waals surface area contributed by atoms with Crippen molar-refractivity contribution in [1.29, 1.82) is 0 Å². The quantitative estimate of drug-likeness (QED) is 0.282. The molecule has 2 N–H and O–H groups in total. The maximum absolute atomic E-state index is 5.42. The van der Waals surface area contributed by atoms with Crippen LogP contribution in [-0.4, -0.2) is 40.9 Å². The third kappa shape index (κ3) is 5.48. The second-order valence-electron chi connectivity index (χ2n) is 6.76. The molecular weight excluding hydrogens is 549 g/mol. The number of nitrogens with one attached hydrogen (secondary N) is 2. The van der Waals surface area contributed by atoms with Crippen molar-refractivity contribution in [2.24, 2.45) is 4.99 Å². The number of hydrogen-bond acceptors (Lipinski definition) is 4. The van der Waals surface area contributed by atoms with Crippen molar-refractivity contribution < 1.29 is 14.2 Å². The molecule has 1 aliphatic carbocycles. The van der Waals surface area contributed by atoms with Crippen LogP contribution in [0.5, 0.6) is 17.2 Å². The van der Waals surface area contributed by atoms with Gasteiger partial charge in [-0.25, -0.2) is 0 Å². The van der Waals surface area contributed by atoms with Gasteiger partial charge in [0, 0.05) is 41.3 Å². The van der Waals surface area contributed by atoms with Crippen molar-refractivity contribution in [3.05, 3.63) is 46.4 Å². The maximum atomic E-state index is 5.42. The highest BCUT2D eigenvalue weighted by molar-refractivity contribution is 14.0. The first-order valence-electron chi connectivity index (χ1n) is 9.09. The van der Waals surface area contributed by atoms with E-state index >= 15 is 0 Å². The number of benzene rings is 2. The Bertz CT molecular complexity index is 847. The summed E-state index contributed by atoms with van der Waals surface area (Å²) in [6, 6.07) is 12.2. The lowest BCUT2D eigenvalue weighted by atomic mass is 9.96. The molecule has 1 fully saturated rings. The predicted octanol–water partition coefficient (Wildman–Crippen LogP) is 4.81. The summed E-state index contributed by atoms with van der Waals surface area (Å²) >= 11 is 3.57. The van der Waals surface area contributed by atoms with Crippen molar-refractivity contribution in [2.45, 2.75) is 18.3 Å². The van der Waals surface area contributed by atoms with E-state index in [1.54, 1.807) is 28.4 Å². The number of hydrogen-bond donors (Lipinski definition) is 2. The topological polar surface area (TPSA) is 64.1 Å². The minimum atomic E-state index is 0. The summed E-state index contributed by atoms with van der Waals surface area (Å²) in [7, 11) is 6.54. The molecule has 0 bridgehead atoms. The molecule has 0 saturated heterocycles. The van der Waals surface area contributed by atoms with Gasteiger partial charge in [-0.3, -0.25) is 4.99 Å². The number of methoxy groups -OCH3 is 3. The largest absolute Gasteiger partial charge is 0.493 e. The highest BCUT2D eigenvalue weighted by Crippen LogP contribution is 2.48. The second-order valence-corrected chi connectivity index (χ2v) is 7.67. The molecule has 6 nitrogen and oxygen atoms in total. The van der Waals surface area contributed by atoms with Gasteiger partial charge in [0.15, 0.2) is 17.5 Å². The van der Waals surface area contributed by atoms with E-state index in [1.165, 1.54) is 5.56 Å². The number of anilines is 1. The van der Waals surface area contributed by atoms with Crippen LogP contribution < -0.4 is 24.8 Å². The molecule has 158 valence electrons. The lowest BCUT2D eigenvalue weighted by Crippen LogP contribution is -2.36. The fourth-order valence-electron chi connectivity index (χ4n) is 3.26. The molecule has 29 heavy (non-hydrogen) atoms. The van der Waals surface area contributed by atoms with Crippen LogP contribution in [0.25, 0.3) is 0 Å². The number of rotatable bonds is 7. The second kappa shape index (κ2) is 10.4. The molecule has 8 heteroatoms. The minimum absolute atomic E-state index is 0. The standard InChI is InChI=1S/C21H26BrN3O3.HI/c1-23-20(24-13-21(8-9-21)14-6-5-7-15(22)10-14)25-16-11-17(26-2)19(28-4)18(12-16)27-3;/h5-7,10-12H,8-9,13H2,1-4H3,(H2,23,24,25);1H. The predicted molar refractivity (Wildman–Crippen MR) is 132 cm³/mol. The molecule has 2 aromatic carbocycles. The summed E-state index contributed by atoms with van der Waals surface area (Å²) in [6.07, 6.45) is 2.33. The van der Waals surface area contributed by atoms with Crippen LogP contribution in [0.2, 0.25) is 0 Å². The number of nitrogens with zero attached hydrogens (tertiary/aromatic N) is 1. The van der Waals surface area contributed by atoms with Gasteiger partial charge < -0.3 is 24.8 Å². The third-order valence-electron chi connectivity index (χ3n) is 5.04. The fraction of sp³-hybridized carbons (Fsp3) is 0.381. The zero-order valence-electron chi connectivity index (χ0n) is 17.0. The molecular formula is C21H27BrIN3O3. The third-order valence-corrected chi connectivity index (χ3v) is 5.53. The average Bonchev–Trinajstić information content (AvgIpc) is 3.51. The Morgan fingerprint density at radius 2 is 1.72 bits per heavy atom. The van der Waals surface area contributed by atoms with Crippen molar-refractivity contribution >= 4 is 51.6 Å². The van der Waals surface area contributed by atoms with Gasteiger partial charge in [-0.1, -0.05) is 28.1 Å². The lowest BCUT2D eigenvalue weighted by molar-refractivity contribution is 0.324. The summed E-state index contributed by atoms with van der Waals surface area (Å²) in [6.45, 7) is 0.813.